The lowest BCUT2D eigenvalue weighted by molar-refractivity contribution is -0.124. The van der Waals surface area contributed by atoms with Crippen LogP contribution in [0, 0.1) is 0 Å². The molecule has 0 heterocycles. The number of aryl methyl sites for hydroxylation is 1. The Kier molecular flexibility index (Phi) is 8.02. The zero-order valence-corrected chi connectivity index (χ0v) is 17.4. The molecule has 0 spiro atoms. The molecular weight excluding hydrogens is 380 g/mol. The normalized spacial score (nSPS) is 15.5. The van der Waals surface area contributed by atoms with E-state index in [-0.39, 0.29) is 6.61 Å². The molecule has 2 aromatic carbocycles. The molecule has 3 N–H and O–H groups in total. The van der Waals surface area contributed by atoms with Crippen molar-refractivity contribution in [2.75, 3.05) is 26.8 Å². The topological polar surface area (TPSA) is 82.0 Å². The van der Waals surface area contributed by atoms with Crippen molar-refractivity contribution in [2.45, 2.75) is 31.7 Å². The van der Waals surface area contributed by atoms with Gasteiger partial charge in [0.1, 0.15) is 5.75 Å². The number of carbonyl (C=O) groups is 1. The molecule has 30 heavy (non-hydrogen) atoms. The van der Waals surface area contributed by atoms with Crippen LogP contribution < -0.4 is 10.2 Å². The van der Waals surface area contributed by atoms with Crippen molar-refractivity contribution >= 4 is 12.0 Å². The third-order valence-corrected chi connectivity index (χ3v) is 5.64. The molecule has 0 fully saturated rings. The van der Waals surface area contributed by atoms with Crippen LogP contribution in [-0.2, 0) is 17.6 Å². The van der Waals surface area contributed by atoms with E-state index in [2.05, 4.69) is 29.2 Å². The number of ether oxygens (including phenoxy) is 1. The van der Waals surface area contributed by atoms with E-state index in [1.165, 1.54) is 22.8 Å². The lowest BCUT2D eigenvalue weighted by Crippen LogP contribution is -2.31. The van der Waals surface area contributed by atoms with Crippen LogP contribution >= 0.6 is 0 Å². The summed E-state index contributed by atoms with van der Waals surface area (Å²) in [6, 6.07) is 14.8. The zero-order chi connectivity index (χ0) is 21.3. The number of hydroxylamine groups is 1. The maximum Gasteiger partial charge on any atom is 0.267 e. The maximum absolute atomic E-state index is 11.2. The minimum absolute atomic E-state index is 0.190. The van der Waals surface area contributed by atoms with Crippen molar-refractivity contribution in [3.63, 3.8) is 0 Å². The third-order valence-electron chi connectivity index (χ3n) is 5.64. The first-order valence-electron chi connectivity index (χ1n) is 10.4. The highest BCUT2D eigenvalue weighted by molar-refractivity contribution is 5.90. The van der Waals surface area contributed by atoms with E-state index >= 15 is 0 Å². The number of benzene rings is 2. The van der Waals surface area contributed by atoms with Gasteiger partial charge in [0, 0.05) is 31.8 Å². The summed E-state index contributed by atoms with van der Waals surface area (Å²) in [4.78, 5) is 13.7. The lowest BCUT2D eigenvalue weighted by atomic mass is 10.0. The number of hydrogen-bond acceptors (Lipinski definition) is 5. The fourth-order valence-corrected chi connectivity index (χ4v) is 4.07. The summed E-state index contributed by atoms with van der Waals surface area (Å²) in [6.45, 7) is 1.97. The minimum atomic E-state index is -0.540. The third kappa shape index (κ3) is 5.69. The molecule has 0 saturated heterocycles. The predicted molar refractivity (Wildman–Crippen MR) is 116 cm³/mol. The molecule has 1 atom stereocenters. The molecule has 2 aromatic rings. The van der Waals surface area contributed by atoms with Gasteiger partial charge in [-0.2, -0.15) is 0 Å². The fraction of sp³-hybridized carbons (Fsp3) is 0.375. The fourth-order valence-electron chi connectivity index (χ4n) is 4.07. The number of carbonyl (C=O) groups excluding carboxylic acids is 1. The summed E-state index contributed by atoms with van der Waals surface area (Å²) in [6.07, 6.45) is 6.76. The molecule has 0 radical (unpaired) electrons. The van der Waals surface area contributed by atoms with Crippen LogP contribution in [0.2, 0.25) is 0 Å². The molecule has 1 amide bonds. The van der Waals surface area contributed by atoms with E-state index in [1.807, 2.05) is 18.2 Å². The van der Waals surface area contributed by atoms with E-state index in [1.54, 1.807) is 18.7 Å². The van der Waals surface area contributed by atoms with Crippen molar-refractivity contribution in [1.82, 2.24) is 10.4 Å². The highest BCUT2D eigenvalue weighted by Gasteiger charge is 2.27. The van der Waals surface area contributed by atoms with Gasteiger partial charge in [0.05, 0.1) is 7.11 Å². The summed E-state index contributed by atoms with van der Waals surface area (Å²) >= 11 is 0. The summed E-state index contributed by atoms with van der Waals surface area (Å²) in [5.41, 5.74) is 6.44. The maximum atomic E-state index is 11.2. The first-order valence-corrected chi connectivity index (χ1v) is 10.4. The Hall–Kier alpha value is -2.67. The van der Waals surface area contributed by atoms with Crippen LogP contribution in [0.3, 0.4) is 0 Å². The number of aliphatic hydroxyl groups excluding tert-OH is 1. The average Bonchev–Trinajstić information content (AvgIpc) is 3.21. The van der Waals surface area contributed by atoms with E-state index in [4.69, 9.17) is 9.94 Å². The summed E-state index contributed by atoms with van der Waals surface area (Å²) in [5.74, 6) is 0.323. The largest absolute Gasteiger partial charge is 0.497 e. The summed E-state index contributed by atoms with van der Waals surface area (Å²) < 4.78 is 5.24. The Morgan fingerprint density at radius 1 is 1.23 bits per heavy atom. The SMILES string of the molecule is COc1ccc(CCN(CCCO)C2CCc3cc(C=CC(=O)NO)ccc32)cc1. The standard InChI is InChI=1S/C24H30N2O4/c1-30-21-8-3-18(4-9-21)13-15-26(14-2-16-27)23-11-7-20-17-19(5-10-22(20)23)6-12-24(28)25-29/h3-6,8-10,12,17,23,27,29H,2,7,11,13-16H2,1H3,(H,25,28). The molecule has 0 aliphatic heterocycles. The van der Waals surface area contributed by atoms with Crippen LogP contribution in [0.1, 0.15) is 41.1 Å². The minimum Gasteiger partial charge on any atom is -0.497 e. The van der Waals surface area contributed by atoms with E-state index in [0.29, 0.717) is 6.04 Å². The molecule has 1 aliphatic rings. The van der Waals surface area contributed by atoms with Gasteiger partial charge in [0.25, 0.3) is 5.91 Å². The number of aliphatic hydroxyl groups is 1. The Balaban J connectivity index is 1.70. The van der Waals surface area contributed by atoms with Crippen molar-refractivity contribution < 1.29 is 19.8 Å². The van der Waals surface area contributed by atoms with Crippen molar-refractivity contribution in [1.29, 1.82) is 0 Å². The smallest absolute Gasteiger partial charge is 0.267 e. The number of fused-ring (bicyclic) bond motifs is 1. The van der Waals surface area contributed by atoms with Gasteiger partial charge in [0.15, 0.2) is 0 Å². The summed E-state index contributed by atoms with van der Waals surface area (Å²) in [5, 5.41) is 18.0. The number of rotatable bonds is 10. The first-order chi connectivity index (χ1) is 14.6. The molecular formula is C24H30N2O4. The van der Waals surface area contributed by atoms with Crippen molar-refractivity contribution in [2.24, 2.45) is 0 Å². The van der Waals surface area contributed by atoms with Gasteiger partial charge >= 0.3 is 0 Å². The number of nitrogens with one attached hydrogen (secondary N) is 1. The van der Waals surface area contributed by atoms with Crippen LogP contribution in [0.25, 0.3) is 6.08 Å². The van der Waals surface area contributed by atoms with E-state index in [0.717, 1.165) is 50.1 Å². The Morgan fingerprint density at radius 2 is 2.03 bits per heavy atom. The highest BCUT2D eigenvalue weighted by atomic mass is 16.5. The van der Waals surface area contributed by atoms with E-state index in [9.17, 15) is 9.90 Å². The van der Waals surface area contributed by atoms with Gasteiger partial charge in [-0.05, 0) is 66.1 Å². The molecule has 3 rings (SSSR count). The molecule has 0 bridgehead atoms. The second-order valence-corrected chi connectivity index (χ2v) is 7.53. The zero-order valence-electron chi connectivity index (χ0n) is 17.4. The van der Waals surface area contributed by atoms with Gasteiger partial charge in [0.2, 0.25) is 0 Å². The molecule has 160 valence electrons. The monoisotopic (exact) mass is 410 g/mol. The van der Waals surface area contributed by atoms with Crippen LogP contribution in [0.5, 0.6) is 5.75 Å². The van der Waals surface area contributed by atoms with Crippen LogP contribution in [-0.4, -0.2) is 47.9 Å². The molecule has 6 nitrogen and oxygen atoms in total. The molecule has 1 unspecified atom stereocenters. The van der Waals surface area contributed by atoms with Gasteiger partial charge in [-0.15, -0.1) is 0 Å². The average molecular weight is 411 g/mol. The summed E-state index contributed by atoms with van der Waals surface area (Å²) in [7, 11) is 1.67. The Labute approximate surface area is 177 Å². The predicted octanol–water partition coefficient (Wildman–Crippen LogP) is 3.13. The molecule has 0 aromatic heterocycles. The van der Waals surface area contributed by atoms with E-state index < -0.39 is 5.91 Å². The number of hydrogen-bond donors (Lipinski definition) is 3. The van der Waals surface area contributed by atoms with Crippen molar-refractivity contribution in [3.05, 3.63) is 70.8 Å². The highest BCUT2D eigenvalue weighted by Crippen LogP contribution is 2.36. The lowest BCUT2D eigenvalue weighted by Gasteiger charge is -2.29. The van der Waals surface area contributed by atoms with Gasteiger partial charge in [-0.3, -0.25) is 14.9 Å². The second kappa shape index (κ2) is 10.9. The second-order valence-electron chi connectivity index (χ2n) is 7.53. The number of methoxy groups -OCH3 is 1. The van der Waals surface area contributed by atoms with Crippen LogP contribution in [0.15, 0.2) is 48.5 Å². The van der Waals surface area contributed by atoms with Gasteiger partial charge in [-0.25, -0.2) is 5.48 Å². The van der Waals surface area contributed by atoms with Gasteiger partial charge in [-0.1, -0.05) is 30.3 Å². The number of nitrogens with zero attached hydrogens (tertiary/aromatic N) is 1. The quantitative estimate of drug-likeness (QED) is 0.319. The molecule has 1 aliphatic carbocycles. The Morgan fingerprint density at radius 3 is 2.73 bits per heavy atom. The Bertz CT molecular complexity index is 864. The van der Waals surface area contributed by atoms with Gasteiger partial charge < -0.3 is 9.84 Å². The first kappa shape index (κ1) is 22.0. The molecule has 0 saturated carbocycles. The molecule has 6 heteroatoms. The van der Waals surface area contributed by atoms with Crippen LogP contribution in [0.4, 0.5) is 0 Å². The number of amides is 1. The van der Waals surface area contributed by atoms with Crippen molar-refractivity contribution in [3.8, 4) is 5.75 Å².